The Hall–Kier alpha value is -4.11. The molecule has 0 aromatic carbocycles. The van der Waals surface area contributed by atoms with Crippen molar-refractivity contribution in [2.75, 3.05) is 0 Å². The van der Waals surface area contributed by atoms with Gasteiger partial charge in [0.1, 0.15) is 16.9 Å². The molecule has 8 nitrogen and oxygen atoms in total. The molecule has 7 heterocycles. The fraction of sp³-hybridized carbons (Fsp3) is 0. The van der Waals surface area contributed by atoms with Crippen molar-refractivity contribution in [1.82, 2.24) is 40.1 Å². The first-order valence-electron chi connectivity index (χ1n) is 9.35. The van der Waals surface area contributed by atoms with Crippen LogP contribution in [0.3, 0.4) is 0 Å². The van der Waals surface area contributed by atoms with Crippen molar-refractivity contribution in [2.24, 2.45) is 0 Å². The summed E-state index contributed by atoms with van der Waals surface area (Å²) >= 11 is 1.65. The molecule has 0 fully saturated rings. The summed E-state index contributed by atoms with van der Waals surface area (Å²) in [6.07, 6.45) is 5.40. The fourth-order valence-corrected chi connectivity index (χ4v) is 4.73. The molecule has 5 aromatic heterocycles. The third-order valence-corrected chi connectivity index (χ3v) is 6.22. The van der Waals surface area contributed by atoms with E-state index in [1.165, 1.54) is 0 Å². The first-order valence-corrected chi connectivity index (χ1v) is 10.2. The molecule has 0 saturated heterocycles. The summed E-state index contributed by atoms with van der Waals surface area (Å²) in [5.74, 6) is 0. The Kier molecular flexibility index (Phi) is 3.00. The second kappa shape index (κ2) is 5.71. The van der Waals surface area contributed by atoms with E-state index in [0.717, 1.165) is 53.8 Å². The Balaban J connectivity index is 1.75. The zero-order valence-corrected chi connectivity index (χ0v) is 16.2. The molecular weight excluding hydrogens is 396 g/mol. The molecule has 0 unspecified atom stereocenters. The van der Waals surface area contributed by atoms with Crippen LogP contribution in [0.1, 0.15) is 0 Å². The summed E-state index contributed by atoms with van der Waals surface area (Å²) in [5.41, 5.74) is 6.08. The lowest BCUT2D eigenvalue weighted by atomic mass is 10.2. The number of rotatable bonds is 0. The molecule has 0 amide bonds. The number of pyridine rings is 3. The lowest BCUT2D eigenvalue weighted by Crippen LogP contribution is -1.85. The molecule has 30 heavy (non-hydrogen) atoms. The quantitative estimate of drug-likeness (QED) is 0.337. The summed E-state index contributed by atoms with van der Waals surface area (Å²) in [7, 11) is 0. The first-order chi connectivity index (χ1) is 14.8. The maximum absolute atomic E-state index is 4.88. The van der Waals surface area contributed by atoms with Gasteiger partial charge in [0.15, 0.2) is 11.3 Å². The van der Waals surface area contributed by atoms with Crippen molar-refractivity contribution in [3.63, 3.8) is 0 Å². The summed E-state index contributed by atoms with van der Waals surface area (Å²) in [4.78, 5) is 27.7. The van der Waals surface area contributed by atoms with E-state index in [-0.39, 0.29) is 0 Å². The number of H-pyrrole nitrogens is 3. The summed E-state index contributed by atoms with van der Waals surface area (Å²) in [6.45, 7) is 0. The monoisotopic (exact) mass is 408 g/mol. The van der Waals surface area contributed by atoms with Crippen LogP contribution in [0.25, 0.3) is 65.1 Å². The van der Waals surface area contributed by atoms with Crippen LogP contribution < -0.4 is 0 Å². The third kappa shape index (κ3) is 2.23. The van der Waals surface area contributed by atoms with Gasteiger partial charge in [0, 0.05) is 27.9 Å². The number of aromatic nitrogens is 8. The number of imidazole rings is 1. The minimum atomic E-state index is 0.567. The summed E-state index contributed by atoms with van der Waals surface area (Å²) < 4.78 is 1.09. The fourth-order valence-electron chi connectivity index (χ4n) is 3.78. The van der Waals surface area contributed by atoms with E-state index in [9.17, 15) is 0 Å². The van der Waals surface area contributed by atoms with E-state index in [1.807, 2.05) is 30.6 Å². The van der Waals surface area contributed by atoms with Crippen LogP contribution in [0.15, 0.2) is 55.0 Å². The van der Waals surface area contributed by atoms with Gasteiger partial charge in [-0.15, -0.1) is 11.3 Å². The van der Waals surface area contributed by atoms with E-state index < -0.39 is 0 Å². The van der Waals surface area contributed by atoms with E-state index in [2.05, 4.69) is 48.3 Å². The van der Waals surface area contributed by atoms with Crippen LogP contribution >= 0.6 is 11.3 Å². The van der Waals surface area contributed by atoms with Gasteiger partial charge in [0.2, 0.25) is 0 Å². The SMILES string of the molecule is c1cc2c3ccc([nH]c4cncc(c4)c4ccc5[nH][nH]c(c6nc(n1)c2n6)-c5n4)s3. The molecule has 0 radical (unpaired) electrons. The molecule has 8 bridgehead atoms. The van der Waals surface area contributed by atoms with Crippen molar-refractivity contribution in [1.29, 1.82) is 0 Å². The van der Waals surface area contributed by atoms with Gasteiger partial charge in [0.05, 0.1) is 27.6 Å². The lowest BCUT2D eigenvalue weighted by Gasteiger charge is -1.98. The first kappa shape index (κ1) is 15.8. The van der Waals surface area contributed by atoms with Gasteiger partial charge in [-0.3, -0.25) is 15.2 Å². The minimum Gasteiger partial charge on any atom is -0.346 e. The highest BCUT2D eigenvalue weighted by molar-refractivity contribution is 7.23. The van der Waals surface area contributed by atoms with Gasteiger partial charge in [-0.05, 0) is 36.4 Å². The number of nitrogens with zero attached hydrogens (tertiary/aromatic N) is 5. The number of nitrogens with one attached hydrogen (secondary N) is 3. The minimum absolute atomic E-state index is 0.567. The van der Waals surface area contributed by atoms with Crippen molar-refractivity contribution in [2.45, 2.75) is 0 Å². The van der Waals surface area contributed by atoms with Gasteiger partial charge in [-0.1, -0.05) is 0 Å². The Morgan fingerprint density at radius 1 is 0.867 bits per heavy atom. The average molecular weight is 408 g/mol. The van der Waals surface area contributed by atoms with E-state index >= 15 is 0 Å². The van der Waals surface area contributed by atoms with E-state index in [0.29, 0.717) is 11.3 Å². The normalized spacial score (nSPS) is 12.0. The maximum atomic E-state index is 4.88. The number of fused-ring (bicyclic) bond motifs is 9. The highest BCUT2D eigenvalue weighted by Crippen LogP contribution is 2.30. The molecule has 0 saturated carbocycles. The van der Waals surface area contributed by atoms with Crippen LogP contribution in [0.5, 0.6) is 0 Å². The molecule has 0 atom stereocenters. The van der Waals surface area contributed by atoms with Crippen molar-refractivity contribution >= 4 is 65.0 Å². The molecule has 2 aliphatic heterocycles. The Labute approximate surface area is 171 Å². The molecule has 9 heteroatoms. The van der Waals surface area contributed by atoms with Crippen LogP contribution in [-0.2, 0) is 0 Å². The Morgan fingerprint density at radius 2 is 1.87 bits per heavy atom. The van der Waals surface area contributed by atoms with Crippen LogP contribution in [0.4, 0.5) is 0 Å². The average Bonchev–Trinajstić information content (AvgIpc) is 3.50. The number of aromatic amines is 3. The van der Waals surface area contributed by atoms with Gasteiger partial charge < -0.3 is 4.98 Å². The van der Waals surface area contributed by atoms with Crippen molar-refractivity contribution in [3.05, 3.63) is 55.0 Å². The summed E-state index contributed by atoms with van der Waals surface area (Å²) in [6, 6.07) is 12.1. The van der Waals surface area contributed by atoms with Crippen LogP contribution in [0, 0.1) is 0 Å². The highest BCUT2D eigenvalue weighted by Gasteiger charge is 2.15. The second-order valence-corrected chi connectivity index (χ2v) is 8.13. The van der Waals surface area contributed by atoms with Crippen LogP contribution in [0.2, 0.25) is 0 Å². The number of thiophene rings is 1. The summed E-state index contributed by atoms with van der Waals surface area (Å²) in [5, 5.41) is 8.27. The molecule has 0 spiro atoms. The van der Waals surface area contributed by atoms with Crippen molar-refractivity contribution in [3.8, 4) is 11.4 Å². The van der Waals surface area contributed by atoms with E-state index in [1.54, 1.807) is 17.5 Å². The van der Waals surface area contributed by atoms with Crippen molar-refractivity contribution < 1.29 is 0 Å². The van der Waals surface area contributed by atoms with Gasteiger partial charge in [-0.2, -0.15) is 0 Å². The molecule has 3 N–H and O–H groups in total. The Morgan fingerprint density at radius 3 is 2.87 bits per heavy atom. The predicted octanol–water partition coefficient (Wildman–Crippen LogP) is 4.70. The second-order valence-electron chi connectivity index (χ2n) is 7.05. The third-order valence-electron chi connectivity index (χ3n) is 5.19. The van der Waals surface area contributed by atoms with Gasteiger partial charge in [-0.25, -0.2) is 19.9 Å². The maximum Gasteiger partial charge on any atom is 0.182 e. The highest BCUT2D eigenvalue weighted by atomic mass is 32.1. The molecular formula is C21H12N8S. The zero-order chi connectivity index (χ0) is 19.7. The van der Waals surface area contributed by atoms with Gasteiger partial charge in [0.25, 0.3) is 0 Å². The molecule has 142 valence electrons. The smallest absolute Gasteiger partial charge is 0.182 e. The van der Waals surface area contributed by atoms with Crippen LogP contribution in [-0.4, -0.2) is 40.1 Å². The predicted molar refractivity (Wildman–Crippen MR) is 118 cm³/mol. The Bertz CT molecular complexity index is 1770. The number of hydrogen-bond acceptors (Lipinski definition) is 6. The van der Waals surface area contributed by atoms with Gasteiger partial charge >= 0.3 is 0 Å². The van der Waals surface area contributed by atoms with E-state index in [4.69, 9.17) is 9.97 Å². The molecule has 0 aliphatic carbocycles. The molecule has 7 rings (SSSR count). The molecule has 5 aromatic rings. The largest absolute Gasteiger partial charge is 0.346 e. The lowest BCUT2D eigenvalue weighted by molar-refractivity contribution is 1.13. The topological polar surface area (TPSA) is 112 Å². The standard InChI is InChI=1S/C21H12N8S/c1-2-14-18-19(29-28-14)21-26-17-12(5-6-23-20(17)27-21)15-3-4-16(30-15)24-11-7-10(8-22-9-11)13(1)25-18/h1-9,24,28-29H. The number of hydrogen-bond donors (Lipinski definition) is 3. The zero-order valence-electron chi connectivity index (χ0n) is 15.3. The molecule has 2 aliphatic rings.